The fraction of sp³-hybridized carbons (Fsp3) is 0.429. The lowest BCUT2D eigenvalue weighted by Gasteiger charge is -2.32. The first-order valence-electron chi connectivity index (χ1n) is 6.55. The maximum Gasteiger partial charge on any atom is 0.147 e. The number of methoxy groups -OCH3 is 1. The average molecular weight is 258 g/mol. The van der Waals surface area contributed by atoms with E-state index in [0.29, 0.717) is 6.04 Å². The summed E-state index contributed by atoms with van der Waals surface area (Å²) in [7, 11) is 1.66. The second-order valence-corrected chi connectivity index (χ2v) is 4.88. The Morgan fingerprint density at radius 3 is 3.05 bits per heavy atom. The maximum absolute atomic E-state index is 5.20. The maximum atomic E-state index is 5.20. The number of benzene rings is 1. The van der Waals surface area contributed by atoms with Crippen LogP contribution in [0.3, 0.4) is 0 Å². The van der Waals surface area contributed by atoms with Crippen LogP contribution in [0.4, 0.5) is 5.82 Å². The molecular weight excluding hydrogens is 240 g/mol. The first-order chi connectivity index (χ1) is 9.26. The molecule has 0 saturated carbocycles. The Labute approximate surface area is 112 Å². The monoisotopic (exact) mass is 258 g/mol. The quantitative estimate of drug-likeness (QED) is 0.883. The van der Waals surface area contributed by atoms with E-state index in [1.165, 1.54) is 0 Å². The summed E-state index contributed by atoms with van der Waals surface area (Å²) in [6.07, 6.45) is 1.85. The van der Waals surface area contributed by atoms with Crippen molar-refractivity contribution in [3.8, 4) is 5.75 Å². The fourth-order valence-corrected chi connectivity index (χ4v) is 2.40. The van der Waals surface area contributed by atoms with E-state index < -0.39 is 0 Å². The largest absolute Gasteiger partial charge is 0.497 e. The van der Waals surface area contributed by atoms with Gasteiger partial charge in [0.15, 0.2) is 0 Å². The number of hydrogen-bond donors (Lipinski definition) is 1. The van der Waals surface area contributed by atoms with Gasteiger partial charge in [0.1, 0.15) is 11.6 Å². The Kier molecular flexibility index (Phi) is 3.21. The van der Waals surface area contributed by atoms with Crippen LogP contribution in [-0.2, 0) is 0 Å². The molecule has 5 nitrogen and oxygen atoms in total. The van der Waals surface area contributed by atoms with Crippen LogP contribution in [0.1, 0.15) is 6.92 Å². The first-order valence-corrected chi connectivity index (χ1v) is 6.55. The summed E-state index contributed by atoms with van der Waals surface area (Å²) in [6.45, 7) is 5.12. The number of ether oxygens (including phenoxy) is 1. The molecule has 1 aliphatic heterocycles. The summed E-state index contributed by atoms with van der Waals surface area (Å²) in [5.41, 5.74) is 1.77. The van der Waals surface area contributed by atoms with Gasteiger partial charge in [-0.1, -0.05) is 0 Å². The zero-order valence-corrected chi connectivity index (χ0v) is 11.3. The van der Waals surface area contributed by atoms with Crippen molar-refractivity contribution < 1.29 is 4.74 Å². The van der Waals surface area contributed by atoms with Gasteiger partial charge in [0.05, 0.1) is 24.3 Å². The van der Waals surface area contributed by atoms with Gasteiger partial charge >= 0.3 is 0 Å². The van der Waals surface area contributed by atoms with Gasteiger partial charge < -0.3 is 15.0 Å². The number of rotatable bonds is 2. The average Bonchev–Trinajstić information content (AvgIpc) is 2.46. The number of nitrogens with one attached hydrogen (secondary N) is 1. The van der Waals surface area contributed by atoms with Crippen molar-refractivity contribution in [2.75, 3.05) is 31.6 Å². The first kappa shape index (κ1) is 12.2. The van der Waals surface area contributed by atoms with Gasteiger partial charge in [0, 0.05) is 31.7 Å². The molecule has 0 spiro atoms. The minimum Gasteiger partial charge on any atom is -0.497 e. The molecule has 0 radical (unpaired) electrons. The lowest BCUT2D eigenvalue weighted by Crippen LogP contribution is -2.49. The van der Waals surface area contributed by atoms with Crippen molar-refractivity contribution in [3.05, 3.63) is 24.4 Å². The standard InChI is InChI=1S/C14H18N4O/c1-10-9-18(6-5-15-10)14-8-16-13-7-11(19-2)3-4-12(13)17-14/h3-4,7-8,10,15H,5-6,9H2,1-2H3/t10-/m1/s1. The number of aromatic nitrogens is 2. The highest BCUT2D eigenvalue weighted by atomic mass is 16.5. The Morgan fingerprint density at radius 1 is 1.37 bits per heavy atom. The summed E-state index contributed by atoms with van der Waals surface area (Å²) < 4.78 is 5.20. The zero-order valence-electron chi connectivity index (χ0n) is 11.3. The van der Waals surface area contributed by atoms with Gasteiger partial charge in [-0.05, 0) is 19.1 Å². The molecular formula is C14H18N4O. The van der Waals surface area contributed by atoms with Gasteiger partial charge in [0.25, 0.3) is 0 Å². The second-order valence-electron chi connectivity index (χ2n) is 4.88. The number of hydrogen-bond acceptors (Lipinski definition) is 5. The minimum atomic E-state index is 0.488. The van der Waals surface area contributed by atoms with Crippen LogP contribution in [-0.4, -0.2) is 42.8 Å². The van der Waals surface area contributed by atoms with E-state index in [4.69, 9.17) is 4.74 Å². The van der Waals surface area contributed by atoms with E-state index >= 15 is 0 Å². The van der Waals surface area contributed by atoms with E-state index in [-0.39, 0.29) is 0 Å². The topological polar surface area (TPSA) is 50.3 Å². The van der Waals surface area contributed by atoms with Gasteiger partial charge in [0.2, 0.25) is 0 Å². The molecule has 0 bridgehead atoms. The number of nitrogens with zero attached hydrogens (tertiary/aromatic N) is 3. The molecule has 100 valence electrons. The molecule has 3 rings (SSSR count). The van der Waals surface area contributed by atoms with Crippen LogP contribution in [0.2, 0.25) is 0 Å². The van der Waals surface area contributed by atoms with E-state index in [2.05, 4.69) is 27.1 Å². The van der Waals surface area contributed by atoms with Gasteiger partial charge in [-0.3, -0.25) is 4.98 Å². The number of anilines is 1. The molecule has 1 fully saturated rings. The van der Waals surface area contributed by atoms with E-state index in [9.17, 15) is 0 Å². The van der Waals surface area contributed by atoms with Crippen LogP contribution >= 0.6 is 0 Å². The third-order valence-corrected chi connectivity index (χ3v) is 3.43. The van der Waals surface area contributed by atoms with Crippen molar-refractivity contribution in [2.45, 2.75) is 13.0 Å². The molecule has 2 heterocycles. The Hall–Kier alpha value is -1.88. The molecule has 19 heavy (non-hydrogen) atoms. The van der Waals surface area contributed by atoms with Crippen LogP contribution in [0.5, 0.6) is 5.75 Å². The number of piperazine rings is 1. The van der Waals surface area contributed by atoms with Crippen LogP contribution in [0.15, 0.2) is 24.4 Å². The van der Waals surface area contributed by atoms with Gasteiger partial charge in [-0.15, -0.1) is 0 Å². The van der Waals surface area contributed by atoms with Crippen molar-refractivity contribution in [3.63, 3.8) is 0 Å². The summed E-state index contributed by atoms with van der Waals surface area (Å²) in [4.78, 5) is 11.4. The summed E-state index contributed by atoms with van der Waals surface area (Å²) in [6, 6.07) is 6.27. The minimum absolute atomic E-state index is 0.488. The van der Waals surface area contributed by atoms with Gasteiger partial charge in [-0.2, -0.15) is 0 Å². The highest BCUT2D eigenvalue weighted by Crippen LogP contribution is 2.20. The molecule has 5 heteroatoms. The Morgan fingerprint density at radius 2 is 2.26 bits per heavy atom. The van der Waals surface area contributed by atoms with Crippen LogP contribution < -0.4 is 15.0 Å². The highest BCUT2D eigenvalue weighted by molar-refractivity contribution is 5.77. The van der Waals surface area contributed by atoms with Gasteiger partial charge in [-0.25, -0.2) is 4.98 Å². The second kappa shape index (κ2) is 5.01. The summed E-state index contributed by atoms with van der Waals surface area (Å²) in [5.74, 6) is 1.76. The molecule has 1 atom stereocenters. The summed E-state index contributed by atoms with van der Waals surface area (Å²) in [5, 5.41) is 3.43. The van der Waals surface area contributed by atoms with E-state index in [1.807, 2.05) is 24.4 Å². The smallest absolute Gasteiger partial charge is 0.147 e. The molecule has 1 aromatic heterocycles. The van der Waals surface area contributed by atoms with Crippen molar-refractivity contribution in [1.82, 2.24) is 15.3 Å². The lowest BCUT2D eigenvalue weighted by atomic mass is 10.2. The van der Waals surface area contributed by atoms with Crippen molar-refractivity contribution >= 4 is 16.9 Å². The van der Waals surface area contributed by atoms with Crippen LogP contribution in [0, 0.1) is 0 Å². The number of fused-ring (bicyclic) bond motifs is 1. The predicted molar refractivity (Wildman–Crippen MR) is 75.8 cm³/mol. The molecule has 2 aromatic rings. The van der Waals surface area contributed by atoms with Crippen molar-refractivity contribution in [1.29, 1.82) is 0 Å². The molecule has 0 aliphatic carbocycles. The molecule has 1 saturated heterocycles. The predicted octanol–water partition coefficient (Wildman–Crippen LogP) is 1.44. The molecule has 0 amide bonds. The highest BCUT2D eigenvalue weighted by Gasteiger charge is 2.17. The Bertz CT molecular complexity index is 587. The molecule has 1 aromatic carbocycles. The van der Waals surface area contributed by atoms with Crippen molar-refractivity contribution in [2.24, 2.45) is 0 Å². The zero-order chi connectivity index (χ0) is 13.2. The SMILES string of the molecule is COc1ccc2nc(N3CCN[C@H](C)C3)cnc2c1. The summed E-state index contributed by atoms with van der Waals surface area (Å²) >= 11 is 0. The fourth-order valence-electron chi connectivity index (χ4n) is 2.40. The van der Waals surface area contributed by atoms with Crippen LogP contribution in [0.25, 0.3) is 11.0 Å². The Balaban J connectivity index is 1.93. The third-order valence-electron chi connectivity index (χ3n) is 3.43. The normalized spacial score (nSPS) is 19.7. The molecule has 1 aliphatic rings. The van der Waals surface area contributed by atoms with E-state index in [1.54, 1.807) is 7.11 Å². The molecule has 1 N–H and O–H groups in total. The third kappa shape index (κ3) is 2.46. The van der Waals surface area contributed by atoms with E-state index in [0.717, 1.165) is 42.2 Å². The lowest BCUT2D eigenvalue weighted by molar-refractivity contribution is 0.415. The molecule has 0 unspecified atom stereocenters.